The van der Waals surface area contributed by atoms with E-state index in [1.165, 1.54) is 0 Å². The maximum Gasteiger partial charge on any atom is 0.308 e. The molecule has 1 aliphatic carbocycles. The minimum absolute atomic E-state index is 0.0370. The smallest absolute Gasteiger partial charge is 0.308 e. The van der Waals surface area contributed by atoms with Crippen molar-refractivity contribution in [2.24, 2.45) is 11.3 Å². The van der Waals surface area contributed by atoms with Crippen LogP contribution in [0.15, 0.2) is 24.3 Å². The first-order chi connectivity index (χ1) is 13.4. The average Bonchev–Trinajstić information content (AvgIpc) is 3.45. The summed E-state index contributed by atoms with van der Waals surface area (Å²) in [4.78, 5) is 31.2. The molecule has 1 amide bonds. The predicted octanol–water partition coefficient (Wildman–Crippen LogP) is 1.53. The van der Waals surface area contributed by atoms with Crippen LogP contribution in [0.3, 0.4) is 0 Å². The number of anilines is 1. The Labute approximate surface area is 165 Å². The molecule has 28 heavy (non-hydrogen) atoms. The number of para-hydroxylation sites is 2. The number of piperazine rings is 1. The van der Waals surface area contributed by atoms with Gasteiger partial charge < -0.3 is 19.6 Å². The Bertz CT molecular complexity index is 756. The maximum absolute atomic E-state index is 13.3. The minimum Gasteiger partial charge on any atom is -0.495 e. The summed E-state index contributed by atoms with van der Waals surface area (Å²) in [6.07, 6.45) is 2.80. The van der Waals surface area contributed by atoms with E-state index in [0.717, 1.165) is 30.8 Å². The molecule has 1 aromatic carbocycles. The van der Waals surface area contributed by atoms with E-state index in [-0.39, 0.29) is 11.3 Å². The number of methoxy groups -OCH3 is 1. The molecule has 152 valence electrons. The number of hydrogen-bond donors (Lipinski definition) is 1. The van der Waals surface area contributed by atoms with Crippen LogP contribution in [0, 0.1) is 11.3 Å². The first kappa shape index (κ1) is 19.1. The molecule has 2 saturated heterocycles. The summed E-state index contributed by atoms with van der Waals surface area (Å²) < 4.78 is 5.45. The van der Waals surface area contributed by atoms with Gasteiger partial charge in [-0.25, -0.2) is 0 Å². The highest BCUT2D eigenvalue weighted by Crippen LogP contribution is 2.54. The van der Waals surface area contributed by atoms with Crippen LogP contribution >= 0.6 is 0 Å². The molecule has 0 aromatic heterocycles. The largest absolute Gasteiger partial charge is 0.495 e. The number of aliphatic carboxylic acids is 1. The molecule has 2 heterocycles. The number of rotatable bonds is 4. The Kier molecular flexibility index (Phi) is 4.95. The standard InChI is InChI=1S/C21H29N3O4/c1-22-14-21(7-8-21)13-15(20(26)27)18(22)19(25)24-11-9-23(10-12-24)16-5-3-4-6-17(16)28-2/h3-6,15,18H,7-14H2,1-2H3,(H,26,27). The molecule has 1 N–H and O–H groups in total. The van der Waals surface area contributed by atoms with Crippen molar-refractivity contribution in [2.75, 3.05) is 51.8 Å². The summed E-state index contributed by atoms with van der Waals surface area (Å²) in [5, 5.41) is 9.76. The van der Waals surface area contributed by atoms with Crippen LogP contribution in [0.2, 0.25) is 0 Å². The van der Waals surface area contributed by atoms with E-state index in [9.17, 15) is 14.7 Å². The zero-order chi connectivity index (χ0) is 19.9. The van der Waals surface area contributed by atoms with Gasteiger partial charge in [0.25, 0.3) is 0 Å². The fourth-order valence-electron chi connectivity index (χ4n) is 4.95. The van der Waals surface area contributed by atoms with Gasteiger partial charge >= 0.3 is 5.97 Å². The molecule has 1 saturated carbocycles. The number of carboxylic acid groups (broad SMARTS) is 1. The third kappa shape index (κ3) is 3.43. The number of ether oxygens (including phenoxy) is 1. The summed E-state index contributed by atoms with van der Waals surface area (Å²) in [6, 6.07) is 7.34. The Morgan fingerprint density at radius 3 is 2.43 bits per heavy atom. The number of likely N-dealkylation sites (N-methyl/N-ethyl adjacent to an activating group) is 1. The highest BCUT2D eigenvalue weighted by atomic mass is 16.5. The lowest BCUT2D eigenvalue weighted by atomic mass is 9.80. The van der Waals surface area contributed by atoms with Crippen LogP contribution in [-0.4, -0.2) is 79.7 Å². The lowest BCUT2D eigenvalue weighted by Gasteiger charge is -2.44. The van der Waals surface area contributed by atoms with Gasteiger partial charge in [-0.15, -0.1) is 0 Å². The molecule has 0 bridgehead atoms. The van der Waals surface area contributed by atoms with Crippen molar-refractivity contribution < 1.29 is 19.4 Å². The summed E-state index contributed by atoms with van der Waals surface area (Å²) in [7, 11) is 3.57. The molecule has 3 fully saturated rings. The van der Waals surface area contributed by atoms with Gasteiger partial charge in [0.15, 0.2) is 0 Å². The van der Waals surface area contributed by atoms with Crippen LogP contribution in [0.4, 0.5) is 5.69 Å². The van der Waals surface area contributed by atoms with Crippen molar-refractivity contribution in [3.63, 3.8) is 0 Å². The first-order valence-corrected chi connectivity index (χ1v) is 10.0. The van der Waals surface area contributed by atoms with Gasteiger partial charge in [0, 0.05) is 32.7 Å². The second-order valence-electron chi connectivity index (χ2n) is 8.49. The molecule has 4 rings (SSSR count). The molecule has 1 aromatic rings. The van der Waals surface area contributed by atoms with Gasteiger partial charge in [-0.1, -0.05) is 12.1 Å². The van der Waals surface area contributed by atoms with Gasteiger partial charge in [0.1, 0.15) is 11.8 Å². The molecular formula is C21H29N3O4. The Hall–Kier alpha value is -2.28. The zero-order valence-electron chi connectivity index (χ0n) is 16.6. The number of carbonyl (C=O) groups is 2. The lowest BCUT2D eigenvalue weighted by molar-refractivity contribution is -0.156. The highest BCUT2D eigenvalue weighted by Gasteiger charge is 2.55. The highest BCUT2D eigenvalue weighted by molar-refractivity contribution is 5.88. The molecular weight excluding hydrogens is 358 g/mol. The van der Waals surface area contributed by atoms with Gasteiger partial charge in [0.05, 0.1) is 18.7 Å². The number of carbonyl (C=O) groups excluding carboxylic acids is 1. The van der Waals surface area contributed by atoms with Crippen LogP contribution in [-0.2, 0) is 9.59 Å². The van der Waals surface area contributed by atoms with Crippen molar-refractivity contribution in [1.82, 2.24) is 9.80 Å². The van der Waals surface area contributed by atoms with Gasteiger partial charge in [-0.05, 0) is 43.9 Å². The number of amides is 1. The van der Waals surface area contributed by atoms with Gasteiger partial charge in [-0.2, -0.15) is 0 Å². The minimum atomic E-state index is -0.844. The number of carboxylic acids is 1. The van der Waals surface area contributed by atoms with E-state index in [2.05, 4.69) is 4.90 Å². The maximum atomic E-state index is 13.3. The second kappa shape index (κ2) is 7.28. The van der Waals surface area contributed by atoms with Crippen LogP contribution in [0.25, 0.3) is 0 Å². The first-order valence-electron chi connectivity index (χ1n) is 10.0. The average molecular weight is 387 g/mol. The zero-order valence-corrected chi connectivity index (χ0v) is 16.6. The monoisotopic (exact) mass is 387 g/mol. The van der Waals surface area contributed by atoms with Crippen LogP contribution < -0.4 is 9.64 Å². The van der Waals surface area contributed by atoms with E-state index in [0.29, 0.717) is 32.6 Å². The van der Waals surface area contributed by atoms with E-state index < -0.39 is 17.9 Å². The van der Waals surface area contributed by atoms with Crippen molar-refractivity contribution in [3.05, 3.63) is 24.3 Å². The molecule has 2 atom stereocenters. The number of hydrogen-bond acceptors (Lipinski definition) is 5. The number of likely N-dealkylation sites (tertiary alicyclic amines) is 1. The summed E-state index contributed by atoms with van der Waals surface area (Å²) in [5.74, 6) is -0.662. The fraction of sp³-hybridized carbons (Fsp3) is 0.619. The predicted molar refractivity (Wildman–Crippen MR) is 106 cm³/mol. The third-order valence-corrected chi connectivity index (χ3v) is 6.64. The SMILES string of the molecule is COc1ccccc1N1CCN(C(=O)C2C(C(=O)O)CC3(CC3)CN2C)CC1. The van der Waals surface area contributed by atoms with Crippen molar-refractivity contribution in [2.45, 2.75) is 25.3 Å². The molecule has 2 unspecified atom stereocenters. The molecule has 2 aliphatic heterocycles. The Balaban J connectivity index is 1.44. The van der Waals surface area contributed by atoms with Crippen molar-refractivity contribution in [1.29, 1.82) is 0 Å². The molecule has 0 radical (unpaired) electrons. The van der Waals surface area contributed by atoms with Gasteiger partial charge in [-0.3, -0.25) is 14.5 Å². The van der Waals surface area contributed by atoms with Crippen LogP contribution in [0.5, 0.6) is 5.75 Å². The second-order valence-corrected chi connectivity index (χ2v) is 8.49. The van der Waals surface area contributed by atoms with E-state index in [1.54, 1.807) is 7.11 Å². The van der Waals surface area contributed by atoms with Crippen molar-refractivity contribution in [3.8, 4) is 5.75 Å². The number of benzene rings is 1. The number of nitrogens with zero attached hydrogens (tertiary/aromatic N) is 3. The van der Waals surface area contributed by atoms with E-state index in [4.69, 9.17) is 4.74 Å². The van der Waals surface area contributed by atoms with Crippen molar-refractivity contribution >= 4 is 17.6 Å². The normalized spacial score (nSPS) is 26.9. The molecule has 1 spiro atoms. The fourth-order valence-corrected chi connectivity index (χ4v) is 4.95. The number of piperidine rings is 1. The topological polar surface area (TPSA) is 73.3 Å². The van der Waals surface area contributed by atoms with E-state index in [1.807, 2.05) is 41.1 Å². The summed E-state index contributed by atoms with van der Waals surface area (Å²) in [5.41, 5.74) is 1.17. The Morgan fingerprint density at radius 1 is 1.14 bits per heavy atom. The van der Waals surface area contributed by atoms with Crippen LogP contribution in [0.1, 0.15) is 19.3 Å². The molecule has 7 nitrogen and oxygen atoms in total. The van der Waals surface area contributed by atoms with Gasteiger partial charge in [0.2, 0.25) is 5.91 Å². The third-order valence-electron chi connectivity index (χ3n) is 6.64. The quantitative estimate of drug-likeness (QED) is 0.845. The summed E-state index contributed by atoms with van der Waals surface area (Å²) >= 11 is 0. The molecule has 3 aliphatic rings. The summed E-state index contributed by atoms with van der Waals surface area (Å²) in [6.45, 7) is 3.44. The lowest BCUT2D eigenvalue weighted by Crippen LogP contribution is -2.60. The van der Waals surface area contributed by atoms with E-state index >= 15 is 0 Å². The Morgan fingerprint density at radius 2 is 1.82 bits per heavy atom. The molecule has 7 heteroatoms.